The lowest BCUT2D eigenvalue weighted by Crippen LogP contribution is -2.35. The fourth-order valence-corrected chi connectivity index (χ4v) is 4.81. The summed E-state index contributed by atoms with van der Waals surface area (Å²) in [6.07, 6.45) is 4.25. The van der Waals surface area contributed by atoms with Crippen molar-refractivity contribution in [3.63, 3.8) is 0 Å². The minimum absolute atomic E-state index is 0.0335. The van der Waals surface area contributed by atoms with E-state index in [2.05, 4.69) is 5.32 Å². The number of halogens is 1. The molecule has 1 aliphatic carbocycles. The van der Waals surface area contributed by atoms with Gasteiger partial charge in [-0.15, -0.1) is 0 Å². The number of sulfonamides is 1. The Hall–Kier alpha value is -1.64. The SMILES string of the molecule is O=C(COC(=O)C1CC1)Nc1ccc(Cl)c(S(=O)(=O)N2CCCCC2)c1. The van der Waals surface area contributed by atoms with Crippen LogP contribution in [0.3, 0.4) is 0 Å². The van der Waals surface area contributed by atoms with Crippen molar-refractivity contribution in [1.82, 2.24) is 4.31 Å². The topological polar surface area (TPSA) is 92.8 Å². The van der Waals surface area contributed by atoms with Crippen molar-refractivity contribution >= 4 is 39.2 Å². The Morgan fingerprint density at radius 1 is 1.19 bits per heavy atom. The van der Waals surface area contributed by atoms with Gasteiger partial charge in [0.25, 0.3) is 5.91 Å². The second kappa shape index (κ2) is 7.94. The molecule has 26 heavy (non-hydrogen) atoms. The number of hydrogen-bond donors (Lipinski definition) is 1. The lowest BCUT2D eigenvalue weighted by Gasteiger charge is -2.26. The summed E-state index contributed by atoms with van der Waals surface area (Å²) in [7, 11) is -3.71. The molecular weight excluding hydrogens is 380 g/mol. The van der Waals surface area contributed by atoms with Crippen LogP contribution >= 0.6 is 11.6 Å². The lowest BCUT2D eigenvalue weighted by molar-refractivity contribution is -0.148. The number of benzene rings is 1. The molecule has 2 aliphatic rings. The quantitative estimate of drug-likeness (QED) is 0.740. The van der Waals surface area contributed by atoms with Crippen molar-refractivity contribution in [3.8, 4) is 0 Å². The zero-order valence-corrected chi connectivity index (χ0v) is 15.8. The van der Waals surface area contributed by atoms with E-state index in [1.54, 1.807) is 0 Å². The van der Waals surface area contributed by atoms with E-state index in [1.807, 2.05) is 0 Å². The number of esters is 1. The number of anilines is 1. The first-order valence-electron chi connectivity index (χ1n) is 8.64. The van der Waals surface area contributed by atoms with Gasteiger partial charge in [-0.05, 0) is 43.9 Å². The van der Waals surface area contributed by atoms with Gasteiger partial charge in [-0.25, -0.2) is 8.42 Å². The maximum absolute atomic E-state index is 12.8. The van der Waals surface area contributed by atoms with Crippen LogP contribution in [0.5, 0.6) is 0 Å². The Bertz CT molecular complexity index is 801. The third-order valence-corrected chi connectivity index (χ3v) is 6.78. The standard InChI is InChI=1S/C17H21ClN2O5S/c18-14-7-6-13(19-16(21)11-25-17(22)12-4-5-12)10-15(14)26(23,24)20-8-2-1-3-9-20/h6-7,10,12H,1-5,8-9,11H2,(H,19,21). The molecule has 0 unspecified atom stereocenters. The number of hydrogen-bond acceptors (Lipinski definition) is 5. The number of amides is 1. The Morgan fingerprint density at radius 3 is 2.54 bits per heavy atom. The van der Waals surface area contributed by atoms with Crippen LogP contribution in [0.15, 0.2) is 23.1 Å². The second-order valence-corrected chi connectivity index (χ2v) is 8.85. The Morgan fingerprint density at radius 2 is 1.88 bits per heavy atom. The van der Waals surface area contributed by atoms with Crippen LogP contribution in [0.2, 0.25) is 5.02 Å². The normalized spacial score (nSPS) is 18.3. The van der Waals surface area contributed by atoms with Gasteiger partial charge in [-0.3, -0.25) is 9.59 Å². The van der Waals surface area contributed by atoms with E-state index in [0.717, 1.165) is 32.1 Å². The van der Waals surface area contributed by atoms with Crippen molar-refractivity contribution < 1.29 is 22.7 Å². The molecule has 1 aromatic carbocycles. The zero-order chi connectivity index (χ0) is 18.7. The molecule has 0 spiro atoms. The molecule has 0 aromatic heterocycles. The first-order valence-corrected chi connectivity index (χ1v) is 10.5. The second-order valence-electron chi connectivity index (χ2n) is 6.54. The summed E-state index contributed by atoms with van der Waals surface area (Å²) in [5.74, 6) is -0.980. The van der Waals surface area contributed by atoms with E-state index in [4.69, 9.17) is 16.3 Å². The van der Waals surface area contributed by atoms with E-state index in [9.17, 15) is 18.0 Å². The minimum atomic E-state index is -3.71. The molecular formula is C17H21ClN2O5S. The van der Waals surface area contributed by atoms with Crippen LogP contribution in [-0.2, 0) is 24.3 Å². The molecule has 2 fully saturated rings. The van der Waals surface area contributed by atoms with Crippen LogP contribution in [0.4, 0.5) is 5.69 Å². The summed E-state index contributed by atoms with van der Waals surface area (Å²) >= 11 is 6.09. The summed E-state index contributed by atoms with van der Waals surface area (Å²) < 4.78 is 31.9. The van der Waals surface area contributed by atoms with Crippen molar-refractivity contribution in [2.75, 3.05) is 25.0 Å². The Kier molecular flexibility index (Phi) is 5.84. The van der Waals surface area contributed by atoms with Crippen molar-refractivity contribution in [1.29, 1.82) is 0 Å². The lowest BCUT2D eigenvalue weighted by atomic mass is 10.2. The fourth-order valence-electron chi connectivity index (χ4n) is 2.79. The number of rotatable bonds is 6. The van der Waals surface area contributed by atoms with Crippen molar-refractivity contribution in [2.24, 2.45) is 5.92 Å². The highest BCUT2D eigenvalue weighted by Crippen LogP contribution is 2.30. The average Bonchev–Trinajstić information content (AvgIpc) is 3.47. The predicted octanol–water partition coefficient (Wildman–Crippen LogP) is 2.41. The molecule has 0 atom stereocenters. The van der Waals surface area contributed by atoms with Crippen LogP contribution in [0.25, 0.3) is 0 Å². The van der Waals surface area contributed by atoms with Crippen LogP contribution < -0.4 is 5.32 Å². The number of nitrogens with zero attached hydrogens (tertiary/aromatic N) is 1. The highest BCUT2D eigenvalue weighted by molar-refractivity contribution is 7.89. The van der Waals surface area contributed by atoms with Crippen LogP contribution in [0.1, 0.15) is 32.1 Å². The molecule has 0 bridgehead atoms. The number of nitrogens with one attached hydrogen (secondary N) is 1. The van der Waals surface area contributed by atoms with Gasteiger partial charge in [0.05, 0.1) is 10.9 Å². The molecule has 3 rings (SSSR count). The summed E-state index contributed by atoms with van der Waals surface area (Å²) in [5, 5.41) is 2.65. The maximum Gasteiger partial charge on any atom is 0.309 e. The molecule has 142 valence electrons. The van der Waals surface area contributed by atoms with Crippen molar-refractivity contribution in [2.45, 2.75) is 37.0 Å². The highest BCUT2D eigenvalue weighted by atomic mass is 35.5. The predicted molar refractivity (Wildman–Crippen MR) is 96.4 cm³/mol. The third-order valence-electron chi connectivity index (χ3n) is 4.40. The van der Waals surface area contributed by atoms with Gasteiger partial charge >= 0.3 is 5.97 Å². The van der Waals surface area contributed by atoms with Gasteiger partial charge in [0.15, 0.2) is 6.61 Å². The molecule has 9 heteroatoms. The van der Waals surface area contributed by atoms with Gasteiger partial charge in [-0.2, -0.15) is 4.31 Å². The molecule has 7 nitrogen and oxygen atoms in total. The maximum atomic E-state index is 12.8. The highest BCUT2D eigenvalue weighted by Gasteiger charge is 2.32. The van der Waals surface area contributed by atoms with E-state index in [-0.39, 0.29) is 27.5 Å². The van der Waals surface area contributed by atoms with E-state index < -0.39 is 22.5 Å². The van der Waals surface area contributed by atoms with Gasteiger partial charge < -0.3 is 10.1 Å². The molecule has 1 heterocycles. The smallest absolute Gasteiger partial charge is 0.309 e. The first-order chi connectivity index (χ1) is 12.4. The molecule has 1 saturated carbocycles. The average molecular weight is 401 g/mol. The number of ether oxygens (including phenoxy) is 1. The van der Waals surface area contributed by atoms with Gasteiger partial charge in [0, 0.05) is 18.8 Å². The third kappa shape index (κ3) is 4.55. The fraction of sp³-hybridized carbons (Fsp3) is 0.529. The van der Waals surface area contributed by atoms with E-state index >= 15 is 0 Å². The molecule has 1 aromatic rings. The van der Waals surface area contributed by atoms with Gasteiger partial charge in [0.1, 0.15) is 4.90 Å². The Balaban J connectivity index is 1.68. The molecule has 1 saturated heterocycles. The monoisotopic (exact) mass is 400 g/mol. The summed E-state index contributed by atoms with van der Waals surface area (Å²) in [6.45, 7) is 0.533. The van der Waals surface area contributed by atoms with Gasteiger partial charge in [-0.1, -0.05) is 18.0 Å². The van der Waals surface area contributed by atoms with E-state index in [1.165, 1.54) is 22.5 Å². The van der Waals surface area contributed by atoms with Crippen LogP contribution in [0, 0.1) is 5.92 Å². The largest absolute Gasteiger partial charge is 0.455 e. The first kappa shape index (κ1) is 19.1. The van der Waals surface area contributed by atoms with Crippen molar-refractivity contribution in [3.05, 3.63) is 23.2 Å². The van der Waals surface area contributed by atoms with Gasteiger partial charge in [0.2, 0.25) is 10.0 Å². The minimum Gasteiger partial charge on any atom is -0.455 e. The summed E-state index contributed by atoms with van der Waals surface area (Å²) in [4.78, 5) is 23.4. The molecule has 1 N–H and O–H groups in total. The van der Waals surface area contributed by atoms with Crippen LogP contribution in [-0.4, -0.2) is 44.3 Å². The summed E-state index contributed by atoms with van der Waals surface area (Å²) in [6, 6.07) is 4.29. The number of carbonyl (C=O) groups excluding carboxylic acids is 2. The number of piperidine rings is 1. The van der Waals surface area contributed by atoms with E-state index in [0.29, 0.717) is 13.1 Å². The molecule has 1 aliphatic heterocycles. The Labute approximate surface area is 157 Å². The number of carbonyl (C=O) groups is 2. The summed E-state index contributed by atoms with van der Waals surface area (Å²) in [5.41, 5.74) is 0.289. The molecule has 1 amide bonds. The molecule has 0 radical (unpaired) electrons. The zero-order valence-electron chi connectivity index (χ0n) is 14.2.